The molecule has 3 aromatic rings. The van der Waals surface area contributed by atoms with Gasteiger partial charge in [-0.25, -0.2) is 9.97 Å². The summed E-state index contributed by atoms with van der Waals surface area (Å²) >= 11 is 0. The number of hydrogen-bond donors (Lipinski definition) is 1. The van der Waals surface area contributed by atoms with E-state index in [2.05, 4.69) is 15.0 Å². The molecule has 0 aliphatic carbocycles. The predicted octanol–water partition coefficient (Wildman–Crippen LogP) is 2.27. The van der Waals surface area contributed by atoms with Crippen LogP contribution >= 0.6 is 0 Å². The van der Waals surface area contributed by atoms with Gasteiger partial charge >= 0.3 is 0 Å². The molecule has 0 radical (unpaired) electrons. The Balaban J connectivity index is 2.30. The highest BCUT2D eigenvalue weighted by Crippen LogP contribution is 2.24. The number of anilines is 1. The normalized spacial score (nSPS) is 10.6. The van der Waals surface area contributed by atoms with Gasteiger partial charge in [0.15, 0.2) is 5.82 Å². The molecule has 2 aromatic heterocycles. The zero-order valence-electron chi connectivity index (χ0n) is 9.04. The van der Waals surface area contributed by atoms with Crippen molar-refractivity contribution in [2.45, 2.75) is 0 Å². The van der Waals surface area contributed by atoms with E-state index < -0.39 is 0 Å². The molecule has 0 saturated carbocycles. The molecule has 0 aliphatic rings. The molecule has 3 rings (SSSR count). The summed E-state index contributed by atoms with van der Waals surface area (Å²) < 4.78 is 0. The lowest BCUT2D eigenvalue weighted by molar-refractivity contribution is 1.19. The largest absolute Gasteiger partial charge is 0.384 e. The maximum Gasteiger partial charge on any atom is 0.162 e. The van der Waals surface area contributed by atoms with E-state index in [9.17, 15) is 0 Å². The van der Waals surface area contributed by atoms with Crippen LogP contribution in [0.15, 0.2) is 48.8 Å². The second kappa shape index (κ2) is 3.83. The third-order valence-corrected chi connectivity index (χ3v) is 2.57. The maximum absolute atomic E-state index is 5.67. The molecule has 0 atom stereocenters. The van der Waals surface area contributed by atoms with E-state index in [1.807, 2.05) is 30.3 Å². The smallest absolute Gasteiger partial charge is 0.162 e. The van der Waals surface area contributed by atoms with Crippen LogP contribution in [0.25, 0.3) is 22.3 Å². The summed E-state index contributed by atoms with van der Waals surface area (Å²) in [6.45, 7) is 0. The SMILES string of the molecule is Nc1ccnc(-c2ccnc3ccccc23)n1. The minimum atomic E-state index is 0.468. The van der Waals surface area contributed by atoms with E-state index in [0.29, 0.717) is 11.6 Å². The number of pyridine rings is 1. The molecule has 0 amide bonds. The number of nitrogen functional groups attached to an aromatic ring is 1. The predicted molar refractivity (Wildman–Crippen MR) is 67.2 cm³/mol. The van der Waals surface area contributed by atoms with E-state index in [1.54, 1.807) is 18.5 Å². The van der Waals surface area contributed by atoms with E-state index in [-0.39, 0.29) is 0 Å². The zero-order chi connectivity index (χ0) is 11.7. The third kappa shape index (κ3) is 1.69. The van der Waals surface area contributed by atoms with Crippen molar-refractivity contribution in [2.75, 3.05) is 5.73 Å². The first-order valence-electron chi connectivity index (χ1n) is 5.27. The fourth-order valence-electron chi connectivity index (χ4n) is 1.79. The van der Waals surface area contributed by atoms with E-state index in [4.69, 9.17) is 5.73 Å². The van der Waals surface area contributed by atoms with Crippen molar-refractivity contribution in [1.82, 2.24) is 15.0 Å². The molecule has 0 aliphatic heterocycles. The number of nitrogens with zero attached hydrogens (tertiary/aromatic N) is 3. The van der Waals surface area contributed by atoms with Gasteiger partial charge in [-0.2, -0.15) is 0 Å². The number of hydrogen-bond acceptors (Lipinski definition) is 4. The Labute approximate surface area is 98.2 Å². The fourth-order valence-corrected chi connectivity index (χ4v) is 1.79. The lowest BCUT2D eigenvalue weighted by Gasteiger charge is -2.04. The van der Waals surface area contributed by atoms with Gasteiger partial charge in [0.1, 0.15) is 5.82 Å². The summed E-state index contributed by atoms with van der Waals surface area (Å²) in [5.74, 6) is 1.10. The number of benzene rings is 1. The Kier molecular flexibility index (Phi) is 2.19. The standard InChI is InChI=1S/C13H10N4/c14-12-6-8-16-13(17-12)10-5-7-15-11-4-2-1-3-9(10)11/h1-8H,(H2,14,16,17). The van der Waals surface area contributed by atoms with Gasteiger partial charge in [-0.1, -0.05) is 18.2 Å². The Morgan fingerprint density at radius 3 is 2.59 bits per heavy atom. The molecule has 0 saturated heterocycles. The highest BCUT2D eigenvalue weighted by atomic mass is 14.9. The van der Waals surface area contributed by atoms with Gasteiger partial charge in [0.25, 0.3) is 0 Å². The first-order chi connectivity index (χ1) is 8.34. The lowest BCUT2D eigenvalue weighted by Crippen LogP contribution is -1.95. The average Bonchev–Trinajstić information content (AvgIpc) is 2.38. The lowest BCUT2D eigenvalue weighted by atomic mass is 10.1. The van der Waals surface area contributed by atoms with Crippen LogP contribution in [0.5, 0.6) is 0 Å². The Morgan fingerprint density at radius 2 is 1.71 bits per heavy atom. The van der Waals surface area contributed by atoms with Crippen LogP contribution < -0.4 is 5.73 Å². The number of aromatic nitrogens is 3. The molecule has 17 heavy (non-hydrogen) atoms. The molecule has 82 valence electrons. The van der Waals surface area contributed by atoms with Crippen molar-refractivity contribution in [3.8, 4) is 11.4 Å². The second-order valence-electron chi connectivity index (χ2n) is 3.68. The van der Waals surface area contributed by atoms with Crippen molar-refractivity contribution in [3.63, 3.8) is 0 Å². The Hall–Kier alpha value is -2.49. The monoisotopic (exact) mass is 222 g/mol. The highest BCUT2D eigenvalue weighted by Gasteiger charge is 2.06. The summed E-state index contributed by atoms with van der Waals surface area (Å²) in [5.41, 5.74) is 7.55. The highest BCUT2D eigenvalue weighted by molar-refractivity contribution is 5.92. The summed E-state index contributed by atoms with van der Waals surface area (Å²) in [4.78, 5) is 12.8. The van der Waals surface area contributed by atoms with Crippen molar-refractivity contribution in [2.24, 2.45) is 0 Å². The van der Waals surface area contributed by atoms with Crippen LogP contribution in [-0.4, -0.2) is 15.0 Å². The Bertz CT molecular complexity index is 674. The van der Waals surface area contributed by atoms with E-state index in [0.717, 1.165) is 16.5 Å². The quantitative estimate of drug-likeness (QED) is 0.686. The summed E-state index contributed by atoms with van der Waals surface area (Å²) in [5, 5.41) is 1.03. The van der Waals surface area contributed by atoms with Gasteiger partial charge in [0.2, 0.25) is 0 Å². The maximum atomic E-state index is 5.67. The molecule has 1 aromatic carbocycles. The fraction of sp³-hybridized carbons (Fsp3) is 0. The number of nitrogens with two attached hydrogens (primary N) is 1. The van der Waals surface area contributed by atoms with Crippen molar-refractivity contribution >= 4 is 16.7 Å². The van der Waals surface area contributed by atoms with Gasteiger partial charge in [0, 0.05) is 23.3 Å². The molecule has 4 nitrogen and oxygen atoms in total. The molecule has 2 heterocycles. The minimum absolute atomic E-state index is 0.468. The van der Waals surface area contributed by atoms with Crippen LogP contribution in [-0.2, 0) is 0 Å². The first-order valence-corrected chi connectivity index (χ1v) is 5.27. The molecular weight excluding hydrogens is 212 g/mol. The van der Waals surface area contributed by atoms with Crippen LogP contribution in [0.4, 0.5) is 5.82 Å². The van der Waals surface area contributed by atoms with E-state index in [1.165, 1.54) is 0 Å². The van der Waals surface area contributed by atoms with Gasteiger partial charge in [-0.3, -0.25) is 4.98 Å². The summed E-state index contributed by atoms with van der Waals surface area (Å²) in [7, 11) is 0. The third-order valence-electron chi connectivity index (χ3n) is 2.57. The van der Waals surface area contributed by atoms with Gasteiger partial charge < -0.3 is 5.73 Å². The van der Waals surface area contributed by atoms with Crippen LogP contribution in [0.2, 0.25) is 0 Å². The topological polar surface area (TPSA) is 64.7 Å². The molecular formula is C13H10N4. The molecule has 0 fully saturated rings. The van der Waals surface area contributed by atoms with Crippen LogP contribution in [0, 0.1) is 0 Å². The Morgan fingerprint density at radius 1 is 0.882 bits per heavy atom. The summed E-state index contributed by atoms with van der Waals surface area (Å²) in [6, 6.07) is 11.5. The van der Waals surface area contributed by atoms with Crippen molar-refractivity contribution in [1.29, 1.82) is 0 Å². The van der Waals surface area contributed by atoms with Crippen molar-refractivity contribution < 1.29 is 0 Å². The molecule has 2 N–H and O–H groups in total. The number of fused-ring (bicyclic) bond motifs is 1. The van der Waals surface area contributed by atoms with Gasteiger partial charge in [0.05, 0.1) is 5.52 Å². The zero-order valence-corrected chi connectivity index (χ0v) is 9.04. The molecule has 0 bridgehead atoms. The van der Waals surface area contributed by atoms with Crippen molar-refractivity contribution in [3.05, 3.63) is 48.8 Å². The van der Waals surface area contributed by atoms with Crippen LogP contribution in [0.1, 0.15) is 0 Å². The minimum Gasteiger partial charge on any atom is -0.384 e. The number of para-hydroxylation sites is 1. The van der Waals surface area contributed by atoms with Gasteiger partial charge in [-0.15, -0.1) is 0 Å². The van der Waals surface area contributed by atoms with Crippen LogP contribution in [0.3, 0.4) is 0 Å². The van der Waals surface area contributed by atoms with E-state index >= 15 is 0 Å². The average molecular weight is 222 g/mol. The molecule has 0 unspecified atom stereocenters. The molecule has 4 heteroatoms. The molecule has 0 spiro atoms. The summed E-state index contributed by atoms with van der Waals surface area (Å²) in [6.07, 6.45) is 3.41. The first kappa shape index (κ1) is 9.72. The number of rotatable bonds is 1. The van der Waals surface area contributed by atoms with Gasteiger partial charge in [-0.05, 0) is 18.2 Å². The second-order valence-corrected chi connectivity index (χ2v) is 3.68.